The highest BCUT2D eigenvalue weighted by Crippen LogP contribution is 2.26. The van der Waals surface area contributed by atoms with E-state index in [1.807, 2.05) is 0 Å². The lowest BCUT2D eigenvalue weighted by molar-refractivity contribution is 0.277. The number of hydrogen-bond acceptors (Lipinski definition) is 2. The monoisotopic (exact) mass is 275 g/mol. The summed E-state index contributed by atoms with van der Waals surface area (Å²) in [6.45, 7) is 0.214. The molecule has 0 radical (unpaired) electrons. The van der Waals surface area contributed by atoms with Crippen LogP contribution in [0.3, 0.4) is 0 Å². The maximum Gasteiger partial charge on any atom is 0.0636 e. The van der Waals surface area contributed by atoms with Crippen molar-refractivity contribution >= 4 is 28.3 Å². The molecule has 64 valence electrons. The molecule has 0 aromatic heterocycles. The summed E-state index contributed by atoms with van der Waals surface area (Å²) in [5, 5.41) is 12.2. The molecule has 0 amide bonds. The summed E-state index contributed by atoms with van der Waals surface area (Å²) in [4.78, 5) is 0. The standard InChI is InChI=1S/C9H10INO/c10-7-2-1-6-3-8(5-12)11-9(6)4-7/h1-2,4,8,11-12H,3,5H2. The van der Waals surface area contributed by atoms with Crippen LogP contribution in [0.2, 0.25) is 0 Å². The van der Waals surface area contributed by atoms with Gasteiger partial charge in [0.05, 0.1) is 12.6 Å². The first-order chi connectivity index (χ1) is 5.79. The van der Waals surface area contributed by atoms with E-state index in [0.717, 1.165) is 6.42 Å². The first-order valence-electron chi connectivity index (χ1n) is 3.95. The van der Waals surface area contributed by atoms with Crippen molar-refractivity contribution in [3.63, 3.8) is 0 Å². The Balaban J connectivity index is 2.30. The van der Waals surface area contributed by atoms with Crippen LogP contribution in [0, 0.1) is 3.57 Å². The Morgan fingerprint density at radius 2 is 2.42 bits per heavy atom. The normalized spacial score (nSPS) is 20.3. The van der Waals surface area contributed by atoms with Gasteiger partial charge in [0, 0.05) is 9.26 Å². The van der Waals surface area contributed by atoms with Gasteiger partial charge in [-0.25, -0.2) is 0 Å². The van der Waals surface area contributed by atoms with Gasteiger partial charge in [-0.2, -0.15) is 0 Å². The SMILES string of the molecule is OCC1Cc2ccc(I)cc2N1. The minimum atomic E-state index is 0.214. The Hall–Kier alpha value is -0.290. The van der Waals surface area contributed by atoms with E-state index in [2.05, 4.69) is 46.1 Å². The number of benzene rings is 1. The number of rotatable bonds is 1. The van der Waals surface area contributed by atoms with E-state index >= 15 is 0 Å². The third-order valence-electron chi connectivity index (χ3n) is 2.12. The Morgan fingerprint density at radius 1 is 1.58 bits per heavy atom. The Labute approximate surface area is 85.1 Å². The molecule has 0 spiro atoms. The molecule has 0 saturated carbocycles. The summed E-state index contributed by atoms with van der Waals surface area (Å²) in [7, 11) is 0. The van der Waals surface area contributed by atoms with Crippen LogP contribution in [-0.2, 0) is 6.42 Å². The molecule has 0 bridgehead atoms. The molecule has 2 nitrogen and oxygen atoms in total. The first-order valence-corrected chi connectivity index (χ1v) is 5.03. The molecule has 2 rings (SSSR count). The number of fused-ring (bicyclic) bond motifs is 1. The van der Waals surface area contributed by atoms with E-state index < -0.39 is 0 Å². The second-order valence-electron chi connectivity index (χ2n) is 3.03. The van der Waals surface area contributed by atoms with Crippen LogP contribution in [0.4, 0.5) is 5.69 Å². The summed E-state index contributed by atoms with van der Waals surface area (Å²) >= 11 is 2.29. The molecule has 12 heavy (non-hydrogen) atoms. The van der Waals surface area contributed by atoms with Crippen LogP contribution < -0.4 is 5.32 Å². The van der Waals surface area contributed by atoms with Crippen LogP contribution in [-0.4, -0.2) is 17.8 Å². The highest BCUT2D eigenvalue weighted by atomic mass is 127. The zero-order chi connectivity index (χ0) is 8.55. The van der Waals surface area contributed by atoms with Crippen molar-refractivity contribution in [1.82, 2.24) is 0 Å². The molecule has 0 aliphatic carbocycles. The molecule has 1 aromatic carbocycles. The first kappa shape index (κ1) is 8.31. The molecule has 1 atom stereocenters. The van der Waals surface area contributed by atoms with Crippen molar-refractivity contribution in [3.05, 3.63) is 27.3 Å². The van der Waals surface area contributed by atoms with Crippen molar-refractivity contribution in [3.8, 4) is 0 Å². The van der Waals surface area contributed by atoms with Crippen LogP contribution >= 0.6 is 22.6 Å². The van der Waals surface area contributed by atoms with Gasteiger partial charge in [0.2, 0.25) is 0 Å². The van der Waals surface area contributed by atoms with Gasteiger partial charge in [-0.1, -0.05) is 6.07 Å². The van der Waals surface area contributed by atoms with Crippen molar-refractivity contribution < 1.29 is 5.11 Å². The maximum atomic E-state index is 8.94. The number of aliphatic hydroxyl groups excluding tert-OH is 1. The number of anilines is 1. The highest BCUT2D eigenvalue weighted by Gasteiger charge is 2.18. The Morgan fingerprint density at radius 3 is 3.17 bits per heavy atom. The largest absolute Gasteiger partial charge is 0.394 e. The second kappa shape index (κ2) is 3.22. The fraction of sp³-hybridized carbons (Fsp3) is 0.333. The predicted octanol–water partition coefficient (Wildman–Crippen LogP) is 1.62. The van der Waals surface area contributed by atoms with Gasteiger partial charge in [0.1, 0.15) is 0 Å². The lowest BCUT2D eigenvalue weighted by Crippen LogP contribution is -2.19. The number of hydrogen-bond donors (Lipinski definition) is 2. The predicted molar refractivity (Wildman–Crippen MR) is 57.4 cm³/mol. The summed E-state index contributed by atoms with van der Waals surface area (Å²) in [6.07, 6.45) is 0.947. The van der Waals surface area contributed by atoms with Gasteiger partial charge in [-0.15, -0.1) is 0 Å². The molecule has 0 fully saturated rings. The lowest BCUT2D eigenvalue weighted by Gasteiger charge is -2.05. The lowest BCUT2D eigenvalue weighted by atomic mass is 10.1. The van der Waals surface area contributed by atoms with Gasteiger partial charge < -0.3 is 10.4 Å². The molecular formula is C9H10INO. The minimum Gasteiger partial charge on any atom is -0.394 e. The Bertz CT molecular complexity index is 301. The van der Waals surface area contributed by atoms with E-state index in [1.54, 1.807) is 0 Å². The molecule has 3 heteroatoms. The maximum absolute atomic E-state index is 8.94. The third kappa shape index (κ3) is 1.43. The van der Waals surface area contributed by atoms with Crippen LogP contribution in [0.15, 0.2) is 18.2 Å². The van der Waals surface area contributed by atoms with E-state index in [-0.39, 0.29) is 12.6 Å². The van der Waals surface area contributed by atoms with E-state index in [9.17, 15) is 0 Å². The summed E-state index contributed by atoms with van der Waals surface area (Å²) in [6, 6.07) is 6.56. The summed E-state index contributed by atoms with van der Waals surface area (Å²) in [5.41, 5.74) is 2.50. The smallest absolute Gasteiger partial charge is 0.0636 e. The fourth-order valence-electron chi connectivity index (χ4n) is 1.51. The molecule has 2 N–H and O–H groups in total. The van der Waals surface area contributed by atoms with Crippen molar-refractivity contribution in [2.75, 3.05) is 11.9 Å². The van der Waals surface area contributed by atoms with Crippen LogP contribution in [0.5, 0.6) is 0 Å². The highest BCUT2D eigenvalue weighted by molar-refractivity contribution is 14.1. The van der Waals surface area contributed by atoms with Crippen LogP contribution in [0.1, 0.15) is 5.56 Å². The topological polar surface area (TPSA) is 32.3 Å². The van der Waals surface area contributed by atoms with E-state index in [0.29, 0.717) is 0 Å². The minimum absolute atomic E-state index is 0.214. The van der Waals surface area contributed by atoms with E-state index in [1.165, 1.54) is 14.8 Å². The molecule has 1 unspecified atom stereocenters. The van der Waals surface area contributed by atoms with Crippen molar-refractivity contribution in [2.45, 2.75) is 12.5 Å². The zero-order valence-electron chi connectivity index (χ0n) is 6.55. The molecule has 1 aromatic rings. The number of nitrogens with one attached hydrogen (secondary N) is 1. The zero-order valence-corrected chi connectivity index (χ0v) is 8.71. The number of aliphatic hydroxyl groups is 1. The van der Waals surface area contributed by atoms with Gasteiger partial charge in [0.25, 0.3) is 0 Å². The molecular weight excluding hydrogens is 265 g/mol. The second-order valence-corrected chi connectivity index (χ2v) is 4.28. The van der Waals surface area contributed by atoms with Crippen LogP contribution in [0.25, 0.3) is 0 Å². The quantitative estimate of drug-likeness (QED) is 0.763. The summed E-state index contributed by atoms with van der Waals surface area (Å²) in [5.74, 6) is 0. The van der Waals surface area contributed by atoms with Gasteiger partial charge in [-0.05, 0) is 46.7 Å². The molecule has 0 saturated heterocycles. The fourth-order valence-corrected chi connectivity index (χ4v) is 2.00. The molecule has 1 aliphatic heterocycles. The van der Waals surface area contributed by atoms with Crippen molar-refractivity contribution in [2.24, 2.45) is 0 Å². The molecule has 1 aliphatic rings. The average Bonchev–Trinajstić information content (AvgIpc) is 2.46. The van der Waals surface area contributed by atoms with E-state index in [4.69, 9.17) is 5.11 Å². The van der Waals surface area contributed by atoms with Gasteiger partial charge in [0.15, 0.2) is 0 Å². The van der Waals surface area contributed by atoms with Gasteiger partial charge in [-0.3, -0.25) is 0 Å². The van der Waals surface area contributed by atoms with Crippen molar-refractivity contribution in [1.29, 1.82) is 0 Å². The third-order valence-corrected chi connectivity index (χ3v) is 2.79. The van der Waals surface area contributed by atoms with Gasteiger partial charge >= 0.3 is 0 Å². The average molecular weight is 275 g/mol. The molecule has 1 heterocycles. The Kier molecular flexibility index (Phi) is 2.23. The summed E-state index contributed by atoms with van der Waals surface area (Å²) < 4.78 is 1.23. The number of halogens is 1.